The van der Waals surface area contributed by atoms with Crippen molar-refractivity contribution in [1.82, 2.24) is 4.98 Å². The van der Waals surface area contributed by atoms with E-state index in [1.54, 1.807) is 22.7 Å². The maximum atomic E-state index is 5.53. The predicted molar refractivity (Wildman–Crippen MR) is 65.9 cm³/mol. The molecule has 2 aromatic rings. The molecule has 0 radical (unpaired) electrons. The van der Waals surface area contributed by atoms with Gasteiger partial charge in [0.2, 0.25) is 0 Å². The zero-order valence-corrected chi connectivity index (χ0v) is 10.2. The van der Waals surface area contributed by atoms with E-state index in [0.29, 0.717) is 5.82 Å². The Kier molecular flexibility index (Phi) is 4.10. The van der Waals surface area contributed by atoms with Crippen molar-refractivity contribution >= 4 is 28.5 Å². The van der Waals surface area contributed by atoms with E-state index in [2.05, 4.69) is 24.0 Å². The maximum Gasteiger partial charge on any atom is 0.135 e. The summed E-state index contributed by atoms with van der Waals surface area (Å²) in [5, 5.41) is 2.88. The second-order valence-electron chi connectivity index (χ2n) is 2.49. The van der Waals surface area contributed by atoms with Crippen molar-refractivity contribution < 1.29 is 0 Å². The summed E-state index contributed by atoms with van der Waals surface area (Å²) >= 11 is 3.34. The van der Waals surface area contributed by atoms with E-state index >= 15 is 0 Å². The summed E-state index contributed by atoms with van der Waals surface area (Å²) in [6, 6.07) is 4.18. The van der Waals surface area contributed by atoms with Crippen LogP contribution >= 0.6 is 22.7 Å². The van der Waals surface area contributed by atoms with Gasteiger partial charge < -0.3 is 5.73 Å². The van der Waals surface area contributed by atoms with Crippen LogP contribution < -0.4 is 5.73 Å². The number of anilines is 1. The normalized spacial score (nSPS) is 9.36. The number of nitrogens with two attached hydrogens (primary N) is 1. The molecule has 2 N–H and O–H groups in total. The lowest BCUT2D eigenvalue weighted by atomic mass is 10.4. The van der Waals surface area contributed by atoms with Crippen molar-refractivity contribution in [2.75, 3.05) is 5.73 Å². The van der Waals surface area contributed by atoms with Crippen molar-refractivity contribution in [1.29, 1.82) is 0 Å². The molecule has 4 heteroatoms. The zero-order chi connectivity index (χ0) is 10.6. The van der Waals surface area contributed by atoms with E-state index in [4.69, 9.17) is 5.73 Å². The van der Waals surface area contributed by atoms with Crippen LogP contribution in [-0.4, -0.2) is 4.98 Å². The highest BCUT2D eigenvalue weighted by molar-refractivity contribution is 7.21. The first-order chi connectivity index (χ1) is 6.75. The average molecular weight is 226 g/mol. The van der Waals surface area contributed by atoms with Gasteiger partial charge in [-0.1, -0.05) is 13.8 Å². The van der Waals surface area contributed by atoms with E-state index in [-0.39, 0.29) is 0 Å². The van der Waals surface area contributed by atoms with Gasteiger partial charge in [0.1, 0.15) is 10.8 Å². The van der Waals surface area contributed by atoms with Gasteiger partial charge in [-0.3, -0.25) is 0 Å². The molecule has 0 fully saturated rings. The van der Waals surface area contributed by atoms with Crippen LogP contribution in [0.25, 0.3) is 9.88 Å². The van der Waals surface area contributed by atoms with Crippen LogP contribution in [-0.2, 0) is 0 Å². The molecule has 2 heterocycles. The van der Waals surface area contributed by atoms with Crippen molar-refractivity contribution in [3.8, 4) is 9.88 Å². The van der Waals surface area contributed by atoms with Crippen LogP contribution in [0.5, 0.6) is 0 Å². The smallest absolute Gasteiger partial charge is 0.135 e. The van der Waals surface area contributed by atoms with E-state index in [0.717, 1.165) is 5.01 Å². The number of nitrogen functional groups attached to an aromatic ring is 1. The van der Waals surface area contributed by atoms with Gasteiger partial charge in [-0.25, -0.2) is 4.98 Å². The molecule has 0 aromatic carbocycles. The Hall–Kier alpha value is -0.870. The lowest BCUT2D eigenvalue weighted by Gasteiger charge is -1.85. The lowest BCUT2D eigenvalue weighted by molar-refractivity contribution is 1.43. The predicted octanol–water partition coefficient (Wildman–Crippen LogP) is 3.79. The summed E-state index contributed by atoms with van der Waals surface area (Å²) in [6.07, 6.45) is 0. The standard InChI is InChI=1S/C8H8N2S2.C2H6/c1-5-2-3-6(12-5)8-10-7(9)4-11-8;1-2/h2-4H,9H2,1H3;1-2H3. The van der Waals surface area contributed by atoms with Crippen LogP contribution in [0.3, 0.4) is 0 Å². The Bertz CT molecular complexity index is 352. The largest absolute Gasteiger partial charge is 0.383 e. The quantitative estimate of drug-likeness (QED) is 0.803. The topological polar surface area (TPSA) is 38.9 Å². The fourth-order valence-electron chi connectivity index (χ4n) is 0.949. The molecule has 14 heavy (non-hydrogen) atoms. The third-order valence-corrected chi connectivity index (χ3v) is 3.50. The highest BCUT2D eigenvalue weighted by Gasteiger charge is 2.03. The van der Waals surface area contributed by atoms with E-state index < -0.39 is 0 Å². The minimum absolute atomic E-state index is 0.612. The SMILES string of the molecule is CC.Cc1ccc(-c2nc(N)cs2)s1. The third-order valence-electron chi connectivity index (χ3n) is 1.47. The summed E-state index contributed by atoms with van der Waals surface area (Å²) in [6.45, 7) is 6.09. The highest BCUT2D eigenvalue weighted by atomic mass is 32.1. The summed E-state index contributed by atoms with van der Waals surface area (Å²) in [7, 11) is 0. The van der Waals surface area contributed by atoms with Crippen molar-refractivity contribution in [2.24, 2.45) is 0 Å². The zero-order valence-electron chi connectivity index (χ0n) is 8.57. The van der Waals surface area contributed by atoms with Crippen LogP contribution in [0.2, 0.25) is 0 Å². The molecule has 0 unspecified atom stereocenters. The Morgan fingerprint density at radius 3 is 2.43 bits per heavy atom. The minimum atomic E-state index is 0.612. The Balaban J connectivity index is 0.000000461. The fourth-order valence-corrected chi connectivity index (χ4v) is 2.60. The number of aromatic nitrogens is 1. The molecular weight excluding hydrogens is 212 g/mol. The summed E-state index contributed by atoms with van der Waals surface area (Å²) in [5.41, 5.74) is 5.53. The molecule has 2 aromatic heterocycles. The Morgan fingerprint density at radius 2 is 2.00 bits per heavy atom. The maximum absolute atomic E-state index is 5.53. The molecule has 0 saturated heterocycles. The summed E-state index contributed by atoms with van der Waals surface area (Å²) in [5.74, 6) is 0.612. The van der Waals surface area contributed by atoms with Crippen molar-refractivity contribution in [3.05, 3.63) is 22.4 Å². The van der Waals surface area contributed by atoms with E-state index in [9.17, 15) is 0 Å². The molecule has 0 aliphatic rings. The molecular formula is C10H14N2S2. The number of nitrogens with zero attached hydrogens (tertiary/aromatic N) is 1. The van der Waals surface area contributed by atoms with Gasteiger partial charge in [-0.05, 0) is 19.1 Å². The summed E-state index contributed by atoms with van der Waals surface area (Å²) < 4.78 is 0. The van der Waals surface area contributed by atoms with Gasteiger partial charge in [0.05, 0.1) is 4.88 Å². The van der Waals surface area contributed by atoms with Gasteiger partial charge in [0.25, 0.3) is 0 Å². The Morgan fingerprint density at radius 1 is 1.29 bits per heavy atom. The molecule has 2 rings (SSSR count). The van der Waals surface area contributed by atoms with E-state index in [1.165, 1.54) is 9.75 Å². The molecule has 0 aliphatic carbocycles. The number of thiazole rings is 1. The number of rotatable bonds is 1. The minimum Gasteiger partial charge on any atom is -0.383 e. The molecule has 0 saturated carbocycles. The molecule has 76 valence electrons. The van der Waals surface area contributed by atoms with Gasteiger partial charge >= 0.3 is 0 Å². The third kappa shape index (κ3) is 2.56. The number of aryl methyl sites for hydroxylation is 1. The van der Waals surface area contributed by atoms with Crippen LogP contribution in [0.4, 0.5) is 5.82 Å². The molecule has 0 aliphatic heterocycles. The molecule has 0 bridgehead atoms. The van der Waals surface area contributed by atoms with Gasteiger partial charge in [-0.2, -0.15) is 0 Å². The first kappa shape index (κ1) is 11.2. The molecule has 0 amide bonds. The van der Waals surface area contributed by atoms with Crippen LogP contribution in [0.1, 0.15) is 18.7 Å². The van der Waals surface area contributed by atoms with Gasteiger partial charge in [0.15, 0.2) is 0 Å². The van der Waals surface area contributed by atoms with Gasteiger partial charge in [-0.15, -0.1) is 22.7 Å². The second-order valence-corrected chi connectivity index (χ2v) is 4.63. The molecule has 0 spiro atoms. The number of hydrogen-bond donors (Lipinski definition) is 1. The van der Waals surface area contributed by atoms with Crippen molar-refractivity contribution in [2.45, 2.75) is 20.8 Å². The molecule has 0 atom stereocenters. The lowest BCUT2D eigenvalue weighted by Crippen LogP contribution is -1.81. The first-order valence-electron chi connectivity index (χ1n) is 4.53. The molecule has 2 nitrogen and oxygen atoms in total. The van der Waals surface area contributed by atoms with Crippen LogP contribution in [0, 0.1) is 6.92 Å². The highest BCUT2D eigenvalue weighted by Crippen LogP contribution is 2.30. The van der Waals surface area contributed by atoms with Crippen LogP contribution in [0.15, 0.2) is 17.5 Å². The fraction of sp³-hybridized carbons (Fsp3) is 0.300. The van der Waals surface area contributed by atoms with Crippen molar-refractivity contribution in [3.63, 3.8) is 0 Å². The van der Waals surface area contributed by atoms with Gasteiger partial charge in [0, 0.05) is 10.3 Å². The first-order valence-corrected chi connectivity index (χ1v) is 6.23. The average Bonchev–Trinajstić information content (AvgIpc) is 2.78. The van der Waals surface area contributed by atoms with E-state index in [1.807, 2.05) is 19.2 Å². The summed E-state index contributed by atoms with van der Waals surface area (Å²) in [4.78, 5) is 6.71. The number of thiophene rings is 1. The second kappa shape index (κ2) is 5.12. The Labute approximate surface area is 92.4 Å². The monoisotopic (exact) mass is 226 g/mol. The number of hydrogen-bond acceptors (Lipinski definition) is 4.